The Balaban J connectivity index is 1.94. The Morgan fingerprint density at radius 3 is 2.55 bits per heavy atom. The molecular formula is C20H17N3O4S2. The number of nitrogens with one attached hydrogen (secondary N) is 2. The van der Waals surface area contributed by atoms with E-state index < -0.39 is 0 Å². The highest BCUT2D eigenvalue weighted by atomic mass is 32.1. The van der Waals surface area contributed by atoms with Gasteiger partial charge in [-0.1, -0.05) is 29.5 Å². The predicted octanol–water partition coefficient (Wildman–Crippen LogP) is 4.15. The number of carbonyl (C=O) groups is 1. The number of nitrogens with zero attached hydrogens (tertiary/aromatic N) is 1. The number of benzene rings is 2. The molecule has 2 N–H and O–H groups in total. The van der Waals surface area contributed by atoms with E-state index in [1.165, 1.54) is 14.2 Å². The van der Waals surface area contributed by atoms with E-state index in [1.54, 1.807) is 16.5 Å². The van der Waals surface area contributed by atoms with E-state index in [0.717, 1.165) is 16.9 Å². The summed E-state index contributed by atoms with van der Waals surface area (Å²) in [4.78, 5) is 28.8. The first-order valence-corrected chi connectivity index (χ1v) is 9.87. The van der Waals surface area contributed by atoms with Crippen LogP contribution in [-0.4, -0.2) is 29.5 Å². The second kappa shape index (κ2) is 7.34. The summed E-state index contributed by atoms with van der Waals surface area (Å²) in [5.41, 5.74) is 2.17. The molecule has 148 valence electrons. The van der Waals surface area contributed by atoms with Crippen molar-refractivity contribution in [2.45, 2.75) is 6.92 Å². The van der Waals surface area contributed by atoms with Crippen LogP contribution in [0.4, 0.5) is 5.69 Å². The van der Waals surface area contributed by atoms with Crippen LogP contribution in [0.5, 0.6) is 11.5 Å². The molecule has 2 aromatic heterocycles. The largest absolute Gasteiger partial charge is 0.493 e. The highest BCUT2D eigenvalue weighted by Gasteiger charge is 2.20. The van der Waals surface area contributed by atoms with Gasteiger partial charge in [0, 0.05) is 11.8 Å². The molecule has 0 saturated heterocycles. The average molecular weight is 428 g/mol. The fourth-order valence-electron chi connectivity index (χ4n) is 3.16. The van der Waals surface area contributed by atoms with Crippen molar-refractivity contribution >= 4 is 51.7 Å². The van der Waals surface area contributed by atoms with Crippen molar-refractivity contribution in [3.8, 4) is 11.5 Å². The Kier molecular flexibility index (Phi) is 4.85. The van der Waals surface area contributed by atoms with Crippen molar-refractivity contribution in [1.82, 2.24) is 9.38 Å². The van der Waals surface area contributed by atoms with E-state index in [2.05, 4.69) is 10.3 Å². The molecule has 0 aliphatic heterocycles. The van der Waals surface area contributed by atoms with Gasteiger partial charge in [-0.05, 0) is 36.8 Å². The number of aromatic amines is 1. The predicted molar refractivity (Wildman–Crippen MR) is 116 cm³/mol. The summed E-state index contributed by atoms with van der Waals surface area (Å²) in [7, 11) is 3.02. The SMILES string of the molecule is COc1cc2c(=O)[nH]c3c(C(=O)Nc4ccccc4C)sc(=S)n3c2cc1OC. The number of hydrogen-bond acceptors (Lipinski definition) is 6. The average Bonchev–Trinajstić information content (AvgIpc) is 3.05. The molecule has 2 heterocycles. The lowest BCUT2D eigenvalue weighted by Gasteiger charge is -2.10. The Hall–Kier alpha value is -3.17. The minimum Gasteiger partial charge on any atom is -0.493 e. The summed E-state index contributed by atoms with van der Waals surface area (Å²) in [5, 5.41) is 3.27. The number of hydrogen-bond donors (Lipinski definition) is 2. The molecule has 0 aliphatic carbocycles. The van der Waals surface area contributed by atoms with Crippen LogP contribution in [0.25, 0.3) is 16.6 Å². The number of rotatable bonds is 4. The number of anilines is 1. The second-order valence-corrected chi connectivity index (χ2v) is 7.97. The maximum atomic E-state index is 12.9. The van der Waals surface area contributed by atoms with Crippen molar-refractivity contribution in [3.05, 3.63) is 61.1 Å². The van der Waals surface area contributed by atoms with Crippen LogP contribution in [0.3, 0.4) is 0 Å². The van der Waals surface area contributed by atoms with Crippen molar-refractivity contribution in [2.24, 2.45) is 0 Å². The smallest absolute Gasteiger partial charge is 0.269 e. The minimum atomic E-state index is -0.348. The summed E-state index contributed by atoms with van der Waals surface area (Å²) in [6.07, 6.45) is 0. The van der Waals surface area contributed by atoms with Crippen LogP contribution in [-0.2, 0) is 0 Å². The summed E-state index contributed by atoms with van der Waals surface area (Å²) in [6, 6.07) is 10.7. The lowest BCUT2D eigenvalue weighted by atomic mass is 10.2. The van der Waals surface area contributed by atoms with Crippen LogP contribution in [0.2, 0.25) is 0 Å². The number of fused-ring (bicyclic) bond motifs is 3. The van der Waals surface area contributed by atoms with Crippen molar-refractivity contribution in [3.63, 3.8) is 0 Å². The normalized spacial score (nSPS) is 11.0. The third-order valence-corrected chi connectivity index (χ3v) is 6.00. The molecule has 4 rings (SSSR count). The maximum Gasteiger partial charge on any atom is 0.269 e. The van der Waals surface area contributed by atoms with E-state index in [1.807, 2.05) is 31.2 Å². The molecule has 7 nitrogen and oxygen atoms in total. The molecule has 2 aromatic carbocycles. The van der Waals surface area contributed by atoms with E-state index in [4.69, 9.17) is 21.7 Å². The summed E-state index contributed by atoms with van der Waals surface area (Å²) >= 11 is 6.63. The van der Waals surface area contributed by atoms with Crippen LogP contribution < -0.4 is 20.3 Å². The van der Waals surface area contributed by atoms with Gasteiger partial charge in [0.05, 0.1) is 25.1 Å². The minimum absolute atomic E-state index is 0.326. The summed E-state index contributed by atoms with van der Waals surface area (Å²) < 4.78 is 12.8. The van der Waals surface area contributed by atoms with Crippen LogP contribution in [0, 0.1) is 10.9 Å². The van der Waals surface area contributed by atoms with Gasteiger partial charge in [0.25, 0.3) is 11.5 Å². The van der Waals surface area contributed by atoms with Gasteiger partial charge in [0.1, 0.15) is 10.5 Å². The van der Waals surface area contributed by atoms with E-state index in [9.17, 15) is 9.59 Å². The van der Waals surface area contributed by atoms with Crippen molar-refractivity contribution in [1.29, 1.82) is 0 Å². The molecule has 0 atom stereocenters. The molecule has 0 spiro atoms. The number of ether oxygens (including phenoxy) is 2. The van der Waals surface area contributed by atoms with Gasteiger partial charge in [-0.2, -0.15) is 0 Å². The van der Waals surface area contributed by atoms with Crippen LogP contribution >= 0.6 is 23.6 Å². The number of methoxy groups -OCH3 is 2. The molecule has 0 bridgehead atoms. The number of amides is 1. The molecule has 4 aromatic rings. The van der Waals surface area contributed by atoms with Gasteiger partial charge < -0.3 is 19.8 Å². The fraction of sp³-hybridized carbons (Fsp3) is 0.150. The first-order chi connectivity index (χ1) is 13.9. The third kappa shape index (κ3) is 3.18. The highest BCUT2D eigenvalue weighted by Crippen LogP contribution is 2.32. The van der Waals surface area contributed by atoms with E-state index >= 15 is 0 Å². The van der Waals surface area contributed by atoms with Gasteiger partial charge in [-0.25, -0.2) is 0 Å². The van der Waals surface area contributed by atoms with Gasteiger partial charge in [0.15, 0.2) is 15.5 Å². The number of thiazole rings is 1. The Bertz CT molecular complexity index is 1380. The Labute approximate surface area is 174 Å². The molecule has 0 saturated carbocycles. The number of aryl methyl sites for hydroxylation is 1. The van der Waals surface area contributed by atoms with E-state index in [-0.39, 0.29) is 11.5 Å². The first kappa shape index (κ1) is 19.2. The van der Waals surface area contributed by atoms with E-state index in [0.29, 0.717) is 42.6 Å². The molecule has 9 heteroatoms. The molecule has 0 radical (unpaired) electrons. The molecule has 29 heavy (non-hydrogen) atoms. The number of carbonyl (C=O) groups excluding carboxylic acids is 1. The number of aromatic nitrogens is 2. The zero-order valence-electron chi connectivity index (χ0n) is 15.9. The topological polar surface area (TPSA) is 84.8 Å². The van der Waals surface area contributed by atoms with Crippen molar-refractivity contribution in [2.75, 3.05) is 19.5 Å². The fourth-order valence-corrected chi connectivity index (χ4v) is 4.44. The second-order valence-electron chi connectivity index (χ2n) is 6.33. The molecule has 0 aliphatic rings. The lowest BCUT2D eigenvalue weighted by molar-refractivity contribution is 0.103. The highest BCUT2D eigenvalue weighted by molar-refractivity contribution is 7.73. The summed E-state index contributed by atoms with van der Waals surface area (Å²) in [6.45, 7) is 1.91. The first-order valence-electron chi connectivity index (χ1n) is 8.65. The number of H-pyrrole nitrogens is 1. The quantitative estimate of drug-likeness (QED) is 0.478. The third-order valence-electron chi connectivity index (χ3n) is 4.63. The molecule has 0 fully saturated rings. The van der Waals surface area contributed by atoms with Gasteiger partial charge in [0.2, 0.25) is 0 Å². The van der Waals surface area contributed by atoms with Gasteiger partial charge in [-0.15, -0.1) is 0 Å². The maximum absolute atomic E-state index is 12.9. The van der Waals surface area contributed by atoms with Crippen LogP contribution in [0.1, 0.15) is 15.2 Å². The monoisotopic (exact) mass is 427 g/mol. The Morgan fingerprint density at radius 1 is 1.17 bits per heavy atom. The number of para-hydroxylation sites is 1. The molecule has 0 unspecified atom stereocenters. The lowest BCUT2D eigenvalue weighted by Crippen LogP contribution is -2.15. The van der Waals surface area contributed by atoms with Gasteiger partial charge >= 0.3 is 0 Å². The molecular weight excluding hydrogens is 410 g/mol. The van der Waals surface area contributed by atoms with Crippen LogP contribution in [0.15, 0.2) is 41.2 Å². The standard InChI is InChI=1S/C20H17N3O4S2/c1-10-6-4-5-7-12(10)21-19(25)16-17-22-18(24)11-8-14(26-2)15(27-3)9-13(11)23(17)20(28)29-16/h4-9H,1-3H3,(H,21,25)(H,22,24). The Morgan fingerprint density at radius 2 is 1.86 bits per heavy atom. The zero-order chi connectivity index (χ0) is 20.7. The molecule has 1 amide bonds. The van der Waals surface area contributed by atoms with Crippen molar-refractivity contribution < 1.29 is 14.3 Å². The van der Waals surface area contributed by atoms with Gasteiger partial charge in [-0.3, -0.25) is 14.0 Å². The summed E-state index contributed by atoms with van der Waals surface area (Å²) in [5.74, 6) is 0.559. The zero-order valence-corrected chi connectivity index (χ0v) is 17.5.